The van der Waals surface area contributed by atoms with Gasteiger partial charge < -0.3 is 10.2 Å². The summed E-state index contributed by atoms with van der Waals surface area (Å²) in [5.74, 6) is -0.187. The van der Waals surface area contributed by atoms with E-state index in [9.17, 15) is 4.39 Å². The van der Waals surface area contributed by atoms with E-state index in [0.717, 1.165) is 31.7 Å². The third-order valence-electron chi connectivity index (χ3n) is 3.18. The number of nitrogens with one attached hydrogen (secondary N) is 1. The first-order valence-electron chi connectivity index (χ1n) is 6.14. The molecule has 1 aliphatic rings. The van der Waals surface area contributed by atoms with Crippen LogP contribution in [0.3, 0.4) is 0 Å². The van der Waals surface area contributed by atoms with Crippen LogP contribution in [0.1, 0.15) is 19.8 Å². The molecule has 1 atom stereocenters. The number of anilines is 1. The van der Waals surface area contributed by atoms with E-state index in [1.807, 2.05) is 6.07 Å². The van der Waals surface area contributed by atoms with Crippen molar-refractivity contribution in [1.82, 2.24) is 5.32 Å². The normalized spacial score (nSPS) is 20.6. The third kappa shape index (κ3) is 3.19. The summed E-state index contributed by atoms with van der Waals surface area (Å²) in [6.07, 6.45) is 2.37. The van der Waals surface area contributed by atoms with Crippen molar-refractivity contribution in [2.24, 2.45) is 0 Å². The lowest BCUT2D eigenvalue weighted by Crippen LogP contribution is -2.45. The minimum atomic E-state index is -0.187. The van der Waals surface area contributed by atoms with Gasteiger partial charge in [-0.25, -0.2) is 4.39 Å². The molecule has 0 amide bonds. The highest BCUT2D eigenvalue weighted by Crippen LogP contribution is 2.24. The second-order valence-corrected chi connectivity index (χ2v) is 5.30. The summed E-state index contributed by atoms with van der Waals surface area (Å²) >= 11 is 3.18. The second kappa shape index (κ2) is 5.83. The van der Waals surface area contributed by atoms with Gasteiger partial charge in [0.25, 0.3) is 0 Å². The number of hydrogen-bond donors (Lipinski definition) is 1. The smallest absolute Gasteiger partial charge is 0.139 e. The monoisotopic (exact) mass is 300 g/mol. The molecule has 4 heteroatoms. The largest absolute Gasteiger partial charge is 0.370 e. The van der Waals surface area contributed by atoms with Gasteiger partial charge in [-0.05, 0) is 53.5 Å². The van der Waals surface area contributed by atoms with Crippen molar-refractivity contribution in [3.05, 3.63) is 28.5 Å². The molecule has 1 unspecified atom stereocenters. The number of likely N-dealkylation sites (N-methyl/N-ethyl adjacent to an activating group) is 1. The van der Waals surface area contributed by atoms with Crippen molar-refractivity contribution < 1.29 is 4.39 Å². The average Bonchev–Trinajstić information content (AvgIpc) is 2.33. The SMILES string of the molecule is CCNC1CCCN(c2ccc(Br)c(F)c2)C1. The van der Waals surface area contributed by atoms with Crippen molar-refractivity contribution in [1.29, 1.82) is 0 Å². The Labute approximate surface area is 110 Å². The minimum Gasteiger partial charge on any atom is -0.370 e. The maximum Gasteiger partial charge on any atom is 0.139 e. The molecule has 1 aromatic rings. The molecular weight excluding hydrogens is 283 g/mol. The van der Waals surface area contributed by atoms with E-state index in [2.05, 4.69) is 33.1 Å². The van der Waals surface area contributed by atoms with Gasteiger partial charge in [0.1, 0.15) is 5.82 Å². The Kier molecular flexibility index (Phi) is 4.40. The number of piperidine rings is 1. The maximum atomic E-state index is 13.5. The Bertz CT molecular complexity index is 382. The van der Waals surface area contributed by atoms with Crippen LogP contribution in [0.5, 0.6) is 0 Å². The zero-order chi connectivity index (χ0) is 12.3. The zero-order valence-corrected chi connectivity index (χ0v) is 11.6. The molecule has 0 spiro atoms. The topological polar surface area (TPSA) is 15.3 Å². The molecule has 17 heavy (non-hydrogen) atoms. The zero-order valence-electron chi connectivity index (χ0n) is 10.0. The van der Waals surface area contributed by atoms with Gasteiger partial charge in [-0.1, -0.05) is 6.92 Å². The van der Waals surface area contributed by atoms with Crippen LogP contribution >= 0.6 is 15.9 Å². The number of halogens is 2. The second-order valence-electron chi connectivity index (χ2n) is 4.44. The van der Waals surface area contributed by atoms with E-state index < -0.39 is 0 Å². The molecule has 0 aromatic heterocycles. The third-order valence-corrected chi connectivity index (χ3v) is 3.83. The quantitative estimate of drug-likeness (QED) is 0.922. The predicted octanol–water partition coefficient (Wildman–Crippen LogP) is 3.17. The Morgan fingerprint density at radius 2 is 2.35 bits per heavy atom. The summed E-state index contributed by atoms with van der Waals surface area (Å²) < 4.78 is 14.0. The first-order valence-corrected chi connectivity index (χ1v) is 6.93. The van der Waals surface area contributed by atoms with Crippen LogP contribution in [0, 0.1) is 5.82 Å². The maximum absolute atomic E-state index is 13.5. The van der Waals surface area contributed by atoms with Gasteiger partial charge in [-0.2, -0.15) is 0 Å². The van der Waals surface area contributed by atoms with Crippen LogP contribution in [-0.4, -0.2) is 25.7 Å². The van der Waals surface area contributed by atoms with Crippen molar-refractivity contribution in [3.8, 4) is 0 Å². The van der Waals surface area contributed by atoms with Crippen molar-refractivity contribution in [3.63, 3.8) is 0 Å². The molecule has 2 rings (SSSR count). The molecule has 1 aromatic carbocycles. The Morgan fingerprint density at radius 1 is 1.53 bits per heavy atom. The molecule has 0 saturated carbocycles. The van der Waals surface area contributed by atoms with Crippen LogP contribution in [0.15, 0.2) is 22.7 Å². The number of benzene rings is 1. The molecule has 1 aliphatic heterocycles. The predicted molar refractivity (Wildman–Crippen MR) is 73.0 cm³/mol. The van der Waals surface area contributed by atoms with Crippen LogP contribution < -0.4 is 10.2 Å². The Morgan fingerprint density at radius 3 is 3.06 bits per heavy atom. The number of hydrogen-bond acceptors (Lipinski definition) is 2. The van der Waals surface area contributed by atoms with Crippen LogP contribution in [0.2, 0.25) is 0 Å². The van der Waals surface area contributed by atoms with Gasteiger partial charge in [0.2, 0.25) is 0 Å². The lowest BCUT2D eigenvalue weighted by Gasteiger charge is -2.34. The van der Waals surface area contributed by atoms with E-state index in [1.54, 1.807) is 12.1 Å². The average molecular weight is 301 g/mol. The van der Waals surface area contributed by atoms with Gasteiger partial charge in [0, 0.05) is 24.8 Å². The molecular formula is C13H18BrFN2. The summed E-state index contributed by atoms with van der Waals surface area (Å²) in [5.41, 5.74) is 0.980. The van der Waals surface area contributed by atoms with E-state index in [-0.39, 0.29) is 5.82 Å². The molecule has 0 radical (unpaired) electrons. The van der Waals surface area contributed by atoms with Crippen LogP contribution in [0.25, 0.3) is 0 Å². The number of rotatable bonds is 3. The summed E-state index contributed by atoms with van der Waals surface area (Å²) in [5, 5.41) is 3.47. The molecule has 94 valence electrons. The van der Waals surface area contributed by atoms with Crippen LogP contribution in [0.4, 0.5) is 10.1 Å². The highest BCUT2D eigenvalue weighted by molar-refractivity contribution is 9.10. The fourth-order valence-electron chi connectivity index (χ4n) is 2.35. The lowest BCUT2D eigenvalue weighted by molar-refractivity contribution is 0.431. The fourth-order valence-corrected chi connectivity index (χ4v) is 2.60. The number of nitrogens with zero attached hydrogens (tertiary/aromatic N) is 1. The van der Waals surface area contributed by atoms with Gasteiger partial charge in [0.05, 0.1) is 4.47 Å². The first-order chi connectivity index (χ1) is 8.20. The van der Waals surface area contributed by atoms with E-state index in [1.165, 1.54) is 6.42 Å². The Balaban J connectivity index is 2.08. The Hall–Kier alpha value is -0.610. The van der Waals surface area contributed by atoms with E-state index >= 15 is 0 Å². The summed E-state index contributed by atoms with van der Waals surface area (Å²) in [4.78, 5) is 2.26. The fraction of sp³-hybridized carbons (Fsp3) is 0.538. The van der Waals surface area contributed by atoms with Crippen molar-refractivity contribution in [2.45, 2.75) is 25.8 Å². The first kappa shape index (κ1) is 12.8. The molecule has 2 nitrogen and oxygen atoms in total. The molecule has 0 aliphatic carbocycles. The molecule has 1 heterocycles. The summed E-state index contributed by atoms with van der Waals surface area (Å²) in [7, 11) is 0. The van der Waals surface area contributed by atoms with Crippen LogP contribution in [-0.2, 0) is 0 Å². The van der Waals surface area contributed by atoms with Gasteiger partial charge in [-0.3, -0.25) is 0 Å². The highest BCUT2D eigenvalue weighted by atomic mass is 79.9. The van der Waals surface area contributed by atoms with E-state index in [0.29, 0.717) is 10.5 Å². The highest BCUT2D eigenvalue weighted by Gasteiger charge is 2.19. The van der Waals surface area contributed by atoms with Gasteiger partial charge in [0.15, 0.2) is 0 Å². The van der Waals surface area contributed by atoms with Crippen molar-refractivity contribution in [2.75, 3.05) is 24.5 Å². The minimum absolute atomic E-state index is 0.187. The van der Waals surface area contributed by atoms with Gasteiger partial charge >= 0.3 is 0 Å². The standard InChI is InChI=1S/C13H18BrFN2/c1-2-16-10-4-3-7-17(9-10)11-5-6-12(14)13(15)8-11/h5-6,8,10,16H,2-4,7,9H2,1H3. The van der Waals surface area contributed by atoms with E-state index in [4.69, 9.17) is 0 Å². The molecule has 1 fully saturated rings. The van der Waals surface area contributed by atoms with Crippen molar-refractivity contribution >= 4 is 21.6 Å². The molecule has 1 saturated heterocycles. The molecule has 1 N–H and O–H groups in total. The summed E-state index contributed by atoms with van der Waals surface area (Å²) in [6, 6.07) is 5.89. The van der Waals surface area contributed by atoms with Gasteiger partial charge in [-0.15, -0.1) is 0 Å². The lowest BCUT2D eigenvalue weighted by atomic mass is 10.0. The summed E-state index contributed by atoms with van der Waals surface area (Å²) in [6.45, 7) is 5.10. The molecule has 0 bridgehead atoms.